The van der Waals surface area contributed by atoms with Crippen molar-refractivity contribution >= 4 is 18.9 Å². The van der Waals surface area contributed by atoms with Crippen molar-refractivity contribution in [3.05, 3.63) is 34.9 Å². The summed E-state index contributed by atoms with van der Waals surface area (Å²) in [6, 6.07) is 3.88. The molecule has 1 rings (SSSR count). The lowest BCUT2D eigenvalue weighted by atomic mass is 10.1. The molecule has 0 saturated carbocycles. The molecule has 0 N–H and O–H groups in total. The number of hydrogen-bond acceptors (Lipinski definition) is 3. The molecule has 1 aromatic rings. The van der Waals surface area contributed by atoms with Crippen LogP contribution in [-0.2, 0) is 14.4 Å². The van der Waals surface area contributed by atoms with Crippen LogP contribution < -0.4 is 0 Å². The van der Waals surface area contributed by atoms with E-state index >= 15 is 0 Å². The van der Waals surface area contributed by atoms with Crippen LogP contribution in [0.15, 0.2) is 18.2 Å². The summed E-state index contributed by atoms with van der Waals surface area (Å²) in [5, 5.41) is 0. The maximum absolute atomic E-state index is 10.2. The van der Waals surface area contributed by atoms with E-state index in [0.717, 1.165) is 0 Å². The third kappa shape index (κ3) is 1.63. The van der Waals surface area contributed by atoms with E-state index < -0.39 is 0 Å². The maximum atomic E-state index is 10.2. The van der Waals surface area contributed by atoms with Gasteiger partial charge in [-0.2, -0.15) is 0 Å². The predicted octanol–water partition coefficient (Wildman–Crippen LogP) is 0.0600. The Morgan fingerprint density at radius 1 is 0.667 bits per heavy atom. The lowest BCUT2D eigenvalue weighted by Gasteiger charge is -1.92. The first-order valence-corrected chi connectivity index (χ1v) is 3.09. The van der Waals surface area contributed by atoms with E-state index in [1.54, 1.807) is 18.9 Å². The van der Waals surface area contributed by atoms with Crippen molar-refractivity contribution in [3.63, 3.8) is 0 Å². The highest BCUT2D eigenvalue weighted by Gasteiger charge is 2.00. The molecule has 0 saturated heterocycles. The van der Waals surface area contributed by atoms with Gasteiger partial charge in [-0.1, -0.05) is 0 Å². The van der Waals surface area contributed by atoms with Crippen molar-refractivity contribution in [3.8, 4) is 0 Å². The summed E-state index contributed by atoms with van der Waals surface area (Å²) in [7, 11) is 0. The molecule has 3 heteroatoms. The Kier molecular flexibility index (Phi) is 2.48. The summed E-state index contributed by atoms with van der Waals surface area (Å²) in [6.07, 6.45) is 4.71. The van der Waals surface area contributed by atoms with Crippen molar-refractivity contribution in [1.29, 1.82) is 0 Å². The van der Waals surface area contributed by atoms with Gasteiger partial charge in [-0.3, -0.25) is 14.4 Å². The first-order chi connectivity index (χ1) is 5.80. The summed E-state index contributed by atoms with van der Waals surface area (Å²) < 4.78 is 0. The van der Waals surface area contributed by atoms with E-state index in [9.17, 15) is 14.4 Å². The smallest absolute Gasteiger partial charge is 0.233 e. The highest BCUT2D eigenvalue weighted by molar-refractivity contribution is 5.88. The van der Waals surface area contributed by atoms with E-state index in [2.05, 4.69) is 0 Å². The second kappa shape index (κ2) is 3.57. The molecule has 1 aromatic carbocycles. The van der Waals surface area contributed by atoms with Gasteiger partial charge in [0.2, 0.25) is 18.9 Å². The minimum absolute atomic E-state index is 0.147. The molecule has 3 nitrogen and oxygen atoms in total. The van der Waals surface area contributed by atoms with Gasteiger partial charge in [0.25, 0.3) is 0 Å². The lowest BCUT2D eigenvalue weighted by Crippen LogP contribution is -1.90. The Balaban J connectivity index is 3.26. The van der Waals surface area contributed by atoms with Crippen LogP contribution in [0.4, 0.5) is 0 Å². The lowest BCUT2D eigenvalue weighted by molar-refractivity contribution is 0.561. The molecule has 0 aliphatic rings. The Labute approximate surface area is 69.0 Å². The second-order valence-corrected chi connectivity index (χ2v) is 2.11. The minimum atomic E-state index is 0.147. The van der Waals surface area contributed by atoms with E-state index in [1.807, 2.05) is 0 Å². The van der Waals surface area contributed by atoms with Crippen LogP contribution >= 0.6 is 0 Å². The van der Waals surface area contributed by atoms with Gasteiger partial charge < -0.3 is 0 Å². The van der Waals surface area contributed by atoms with Crippen molar-refractivity contribution < 1.29 is 14.4 Å². The third-order valence-electron chi connectivity index (χ3n) is 1.29. The van der Waals surface area contributed by atoms with Gasteiger partial charge >= 0.3 is 0 Å². The number of benzene rings is 1. The summed E-state index contributed by atoms with van der Waals surface area (Å²) in [5.74, 6) is 0. The molecule has 3 radical (unpaired) electrons. The summed E-state index contributed by atoms with van der Waals surface area (Å²) in [5.41, 5.74) is 0.442. The van der Waals surface area contributed by atoms with Gasteiger partial charge in [-0.25, -0.2) is 0 Å². The Hall–Kier alpha value is -1.77. The Morgan fingerprint density at radius 2 is 0.917 bits per heavy atom. The molecule has 0 aliphatic carbocycles. The van der Waals surface area contributed by atoms with E-state index in [-0.39, 0.29) is 16.7 Å². The molecule has 0 aliphatic heterocycles. The molecule has 0 bridgehead atoms. The van der Waals surface area contributed by atoms with Gasteiger partial charge in [-0.15, -0.1) is 0 Å². The van der Waals surface area contributed by atoms with Crippen molar-refractivity contribution in [2.24, 2.45) is 0 Å². The minimum Gasteiger partial charge on any atom is -0.285 e. The monoisotopic (exact) mass is 159 g/mol. The molecule has 0 amide bonds. The zero-order chi connectivity index (χ0) is 8.97. The van der Waals surface area contributed by atoms with Gasteiger partial charge in [0, 0.05) is 16.7 Å². The van der Waals surface area contributed by atoms with Crippen LogP contribution in [0.5, 0.6) is 0 Å². The second-order valence-electron chi connectivity index (χ2n) is 2.11. The van der Waals surface area contributed by atoms with Crippen molar-refractivity contribution in [2.75, 3.05) is 0 Å². The molecular formula is C9H3O3. The van der Waals surface area contributed by atoms with Gasteiger partial charge in [0.1, 0.15) is 0 Å². The van der Waals surface area contributed by atoms with E-state index in [0.29, 0.717) is 0 Å². The zero-order valence-electron chi connectivity index (χ0n) is 5.96. The molecule has 0 unspecified atom stereocenters. The average Bonchev–Trinajstić information content (AvgIpc) is 2.16. The highest BCUT2D eigenvalue weighted by atomic mass is 16.1. The van der Waals surface area contributed by atoms with Gasteiger partial charge in [0.05, 0.1) is 0 Å². The predicted molar refractivity (Wildman–Crippen MR) is 40.8 cm³/mol. The highest BCUT2D eigenvalue weighted by Crippen LogP contribution is 2.04. The summed E-state index contributed by atoms with van der Waals surface area (Å²) in [4.78, 5) is 30.5. The standard InChI is InChI=1S/C9H3O3/c10-4-7-1-8(5-11)3-9(2-7)6-12/h1-3H. The van der Waals surface area contributed by atoms with Crippen LogP contribution in [0.1, 0.15) is 16.7 Å². The molecule has 0 atom stereocenters. The number of rotatable bonds is 3. The summed E-state index contributed by atoms with van der Waals surface area (Å²) >= 11 is 0. The number of carbonyl (C=O) groups excluding carboxylic acids is 3. The first kappa shape index (κ1) is 8.33. The SMILES string of the molecule is O=[C]c1cc([C]=O)cc([C]=O)c1. The molecule has 0 aromatic heterocycles. The maximum Gasteiger partial charge on any atom is 0.233 e. The molecule has 12 heavy (non-hydrogen) atoms. The molecule has 0 heterocycles. The topological polar surface area (TPSA) is 51.2 Å². The first-order valence-electron chi connectivity index (χ1n) is 3.09. The van der Waals surface area contributed by atoms with Gasteiger partial charge in [0.15, 0.2) is 0 Å². The largest absolute Gasteiger partial charge is 0.285 e. The number of hydrogen-bond donors (Lipinski definition) is 0. The molecule has 57 valence electrons. The zero-order valence-corrected chi connectivity index (χ0v) is 5.96. The molecule has 0 fully saturated rings. The summed E-state index contributed by atoms with van der Waals surface area (Å²) in [6.45, 7) is 0. The van der Waals surface area contributed by atoms with Crippen molar-refractivity contribution in [2.45, 2.75) is 0 Å². The normalized spacial score (nSPS) is 9.00. The van der Waals surface area contributed by atoms with Crippen LogP contribution in [0.3, 0.4) is 0 Å². The Bertz CT molecular complexity index is 264. The molecular weight excluding hydrogens is 156 g/mol. The van der Waals surface area contributed by atoms with Crippen molar-refractivity contribution in [1.82, 2.24) is 0 Å². The fourth-order valence-corrected chi connectivity index (χ4v) is 0.804. The fraction of sp³-hybridized carbons (Fsp3) is 0. The third-order valence-corrected chi connectivity index (χ3v) is 1.29. The van der Waals surface area contributed by atoms with Crippen LogP contribution in [0, 0.1) is 0 Å². The average molecular weight is 159 g/mol. The Morgan fingerprint density at radius 3 is 1.08 bits per heavy atom. The van der Waals surface area contributed by atoms with E-state index in [4.69, 9.17) is 0 Å². The quantitative estimate of drug-likeness (QED) is 0.626. The van der Waals surface area contributed by atoms with E-state index in [1.165, 1.54) is 18.2 Å². The van der Waals surface area contributed by atoms with Gasteiger partial charge in [-0.05, 0) is 18.2 Å². The fourth-order valence-electron chi connectivity index (χ4n) is 0.804. The molecule has 0 spiro atoms. The van der Waals surface area contributed by atoms with Crippen LogP contribution in [-0.4, -0.2) is 18.9 Å². The van der Waals surface area contributed by atoms with Crippen LogP contribution in [0.2, 0.25) is 0 Å². The van der Waals surface area contributed by atoms with Crippen LogP contribution in [0.25, 0.3) is 0 Å².